The first-order valence-electron chi connectivity index (χ1n) is 7.68. The van der Waals surface area contributed by atoms with Crippen molar-refractivity contribution < 1.29 is 24.2 Å². The summed E-state index contributed by atoms with van der Waals surface area (Å²) in [5.41, 5.74) is 0.134. The first-order valence-corrected chi connectivity index (χ1v) is 8.06. The van der Waals surface area contributed by atoms with Crippen molar-refractivity contribution in [3.05, 3.63) is 28.2 Å². The molecule has 0 amide bonds. The molecule has 1 atom stereocenters. The van der Waals surface area contributed by atoms with Crippen molar-refractivity contribution in [3.8, 4) is 0 Å². The van der Waals surface area contributed by atoms with Crippen molar-refractivity contribution in [2.45, 2.75) is 46.3 Å². The molecule has 0 fully saturated rings. The largest absolute Gasteiger partial charge is 0.476 e. The predicted molar refractivity (Wildman–Crippen MR) is 89.9 cm³/mol. The standard InChI is InChI=1S/C16H20ClN3O5/c1-6-24-15(23)12(25-16(3,4)5)11-8(2)18-10-7-9(14(21)22)19-20(10)13(11)17/h7,12H,6H2,1-5H3,(H,21,22). The molecule has 2 aromatic heterocycles. The number of carboxylic acids is 1. The highest BCUT2D eigenvalue weighted by Gasteiger charge is 2.33. The zero-order valence-electron chi connectivity index (χ0n) is 14.7. The number of aryl methyl sites for hydroxylation is 1. The average molecular weight is 370 g/mol. The lowest BCUT2D eigenvalue weighted by atomic mass is 10.1. The molecule has 2 rings (SSSR count). The Kier molecular flexibility index (Phi) is 5.34. The van der Waals surface area contributed by atoms with Gasteiger partial charge in [-0.1, -0.05) is 11.6 Å². The molecule has 2 heterocycles. The molecule has 1 N–H and O–H groups in total. The van der Waals surface area contributed by atoms with Crippen LogP contribution < -0.4 is 0 Å². The summed E-state index contributed by atoms with van der Waals surface area (Å²) in [7, 11) is 0. The predicted octanol–water partition coefficient (Wildman–Crippen LogP) is 2.81. The number of fused-ring (bicyclic) bond motifs is 1. The fourth-order valence-electron chi connectivity index (χ4n) is 2.29. The second kappa shape index (κ2) is 6.97. The lowest BCUT2D eigenvalue weighted by molar-refractivity contribution is -0.167. The molecule has 0 aliphatic carbocycles. The molecule has 2 aromatic rings. The van der Waals surface area contributed by atoms with E-state index in [9.17, 15) is 9.59 Å². The van der Waals surface area contributed by atoms with E-state index in [-0.39, 0.29) is 23.1 Å². The lowest BCUT2D eigenvalue weighted by Crippen LogP contribution is -2.30. The molecule has 0 aliphatic heterocycles. The van der Waals surface area contributed by atoms with E-state index in [0.29, 0.717) is 11.3 Å². The quantitative estimate of drug-likeness (QED) is 0.638. The van der Waals surface area contributed by atoms with Crippen molar-refractivity contribution in [3.63, 3.8) is 0 Å². The molecule has 25 heavy (non-hydrogen) atoms. The zero-order valence-corrected chi connectivity index (χ0v) is 15.4. The van der Waals surface area contributed by atoms with Crippen LogP contribution in [0.25, 0.3) is 5.65 Å². The van der Waals surface area contributed by atoms with Crippen LogP contribution in [0, 0.1) is 6.92 Å². The monoisotopic (exact) mass is 369 g/mol. The van der Waals surface area contributed by atoms with Gasteiger partial charge in [-0.2, -0.15) is 5.10 Å². The van der Waals surface area contributed by atoms with Crippen molar-refractivity contribution in [1.29, 1.82) is 0 Å². The Labute approximate surface area is 149 Å². The molecule has 0 aliphatic rings. The Hall–Kier alpha value is -2.19. The number of hydrogen-bond acceptors (Lipinski definition) is 6. The van der Waals surface area contributed by atoms with Gasteiger partial charge in [0, 0.05) is 11.8 Å². The number of carbonyl (C=O) groups excluding carboxylic acids is 1. The summed E-state index contributed by atoms with van der Waals surface area (Å²) >= 11 is 6.41. The summed E-state index contributed by atoms with van der Waals surface area (Å²) in [4.78, 5) is 27.8. The minimum absolute atomic E-state index is 0.0531. The Morgan fingerprint density at radius 1 is 1.40 bits per heavy atom. The Bertz CT molecular complexity index is 825. The Morgan fingerprint density at radius 2 is 2.04 bits per heavy atom. The van der Waals surface area contributed by atoms with E-state index in [1.807, 2.05) is 0 Å². The number of nitrogens with zero attached hydrogens (tertiary/aromatic N) is 3. The first-order chi connectivity index (χ1) is 11.5. The van der Waals surface area contributed by atoms with Gasteiger partial charge in [0.1, 0.15) is 5.15 Å². The number of esters is 1. The lowest BCUT2D eigenvalue weighted by Gasteiger charge is -2.27. The maximum atomic E-state index is 12.4. The Balaban J connectivity index is 2.65. The number of carbonyl (C=O) groups is 2. The third kappa shape index (κ3) is 4.08. The summed E-state index contributed by atoms with van der Waals surface area (Å²) in [6, 6.07) is 1.30. The van der Waals surface area contributed by atoms with Gasteiger partial charge in [0.25, 0.3) is 0 Å². The van der Waals surface area contributed by atoms with Crippen molar-refractivity contribution in [1.82, 2.24) is 14.6 Å². The van der Waals surface area contributed by atoms with Crippen molar-refractivity contribution in [2.75, 3.05) is 6.61 Å². The van der Waals surface area contributed by atoms with E-state index in [1.54, 1.807) is 34.6 Å². The number of aromatic carboxylic acids is 1. The fourth-order valence-corrected chi connectivity index (χ4v) is 2.65. The molecule has 136 valence electrons. The molecule has 8 nitrogen and oxygen atoms in total. The van der Waals surface area contributed by atoms with Crippen LogP contribution in [0.2, 0.25) is 5.15 Å². The van der Waals surface area contributed by atoms with Crippen LogP contribution in [0.4, 0.5) is 0 Å². The number of aromatic nitrogens is 3. The molecule has 0 bridgehead atoms. The highest BCUT2D eigenvalue weighted by Crippen LogP contribution is 2.33. The normalized spacial score (nSPS) is 13.0. The molecule has 1 unspecified atom stereocenters. The van der Waals surface area contributed by atoms with Crippen LogP contribution in [0.3, 0.4) is 0 Å². The number of rotatable bonds is 5. The van der Waals surface area contributed by atoms with E-state index < -0.39 is 23.6 Å². The van der Waals surface area contributed by atoms with Gasteiger partial charge in [0.15, 0.2) is 17.4 Å². The van der Waals surface area contributed by atoms with Crippen LogP contribution in [0.5, 0.6) is 0 Å². The van der Waals surface area contributed by atoms with Crippen LogP contribution in [-0.2, 0) is 14.3 Å². The summed E-state index contributed by atoms with van der Waals surface area (Å²) in [5, 5.41) is 13.1. The summed E-state index contributed by atoms with van der Waals surface area (Å²) < 4.78 is 12.1. The molecular weight excluding hydrogens is 350 g/mol. The van der Waals surface area contributed by atoms with Crippen molar-refractivity contribution >= 4 is 29.2 Å². The molecule has 0 radical (unpaired) electrons. The van der Waals surface area contributed by atoms with Crippen LogP contribution in [0.15, 0.2) is 6.07 Å². The smallest absolute Gasteiger partial charge is 0.356 e. The molecular formula is C16H20ClN3O5. The van der Waals surface area contributed by atoms with Crippen LogP contribution in [-0.4, -0.2) is 43.9 Å². The summed E-state index contributed by atoms with van der Waals surface area (Å²) in [6.07, 6.45) is -1.11. The van der Waals surface area contributed by atoms with Gasteiger partial charge in [0.05, 0.1) is 17.8 Å². The van der Waals surface area contributed by atoms with Gasteiger partial charge < -0.3 is 14.6 Å². The third-order valence-corrected chi connectivity index (χ3v) is 3.59. The van der Waals surface area contributed by atoms with Gasteiger partial charge in [0.2, 0.25) is 0 Å². The van der Waals surface area contributed by atoms with E-state index in [4.69, 9.17) is 26.2 Å². The van der Waals surface area contributed by atoms with Gasteiger partial charge in [-0.15, -0.1) is 0 Å². The molecule has 0 spiro atoms. The highest BCUT2D eigenvalue weighted by molar-refractivity contribution is 6.30. The van der Waals surface area contributed by atoms with Gasteiger partial charge >= 0.3 is 11.9 Å². The topological polar surface area (TPSA) is 103 Å². The number of hydrogen-bond donors (Lipinski definition) is 1. The van der Waals surface area contributed by atoms with Gasteiger partial charge in [-0.25, -0.2) is 19.1 Å². The second-order valence-corrected chi connectivity index (χ2v) is 6.73. The molecule has 0 saturated heterocycles. The first kappa shape index (κ1) is 19.1. The zero-order chi connectivity index (χ0) is 18.9. The third-order valence-electron chi connectivity index (χ3n) is 3.22. The fraction of sp³-hybridized carbons (Fsp3) is 0.500. The van der Waals surface area contributed by atoms with Crippen LogP contribution >= 0.6 is 11.6 Å². The maximum absolute atomic E-state index is 12.4. The van der Waals surface area contributed by atoms with E-state index in [0.717, 1.165) is 0 Å². The SMILES string of the molecule is CCOC(=O)C(OC(C)(C)C)c1c(C)nc2cc(C(=O)O)nn2c1Cl. The summed E-state index contributed by atoms with van der Waals surface area (Å²) in [6.45, 7) is 8.92. The average Bonchev–Trinajstić information content (AvgIpc) is 2.89. The van der Waals surface area contributed by atoms with Crippen molar-refractivity contribution in [2.24, 2.45) is 0 Å². The van der Waals surface area contributed by atoms with E-state index in [1.165, 1.54) is 10.6 Å². The second-order valence-electron chi connectivity index (χ2n) is 6.37. The molecule has 9 heteroatoms. The molecule has 0 saturated carbocycles. The van der Waals surface area contributed by atoms with Crippen LogP contribution in [0.1, 0.15) is 55.5 Å². The number of halogens is 1. The number of ether oxygens (including phenoxy) is 2. The Morgan fingerprint density at radius 3 is 2.56 bits per heavy atom. The number of carboxylic acid groups (broad SMARTS) is 1. The highest BCUT2D eigenvalue weighted by atomic mass is 35.5. The van der Waals surface area contributed by atoms with Gasteiger partial charge in [-0.05, 0) is 34.6 Å². The summed E-state index contributed by atoms with van der Waals surface area (Å²) in [5.74, 6) is -1.80. The van der Waals surface area contributed by atoms with E-state index >= 15 is 0 Å². The molecule has 0 aromatic carbocycles. The minimum Gasteiger partial charge on any atom is -0.476 e. The van der Waals surface area contributed by atoms with Gasteiger partial charge in [-0.3, -0.25) is 0 Å². The maximum Gasteiger partial charge on any atom is 0.356 e. The minimum atomic E-state index is -1.20. The van der Waals surface area contributed by atoms with E-state index in [2.05, 4.69) is 10.1 Å².